The van der Waals surface area contributed by atoms with Crippen LogP contribution in [0.25, 0.3) is 11.2 Å². The maximum atomic E-state index is 13.7. The van der Waals surface area contributed by atoms with Gasteiger partial charge in [-0.1, -0.05) is 22.2 Å². The first-order valence-electron chi connectivity index (χ1n) is 10.8. The van der Waals surface area contributed by atoms with Gasteiger partial charge in [-0.05, 0) is 30.7 Å². The second-order valence-electron chi connectivity index (χ2n) is 7.75. The maximum absolute atomic E-state index is 13.7. The molecular weight excluding hydrogens is 627 g/mol. The lowest BCUT2D eigenvalue weighted by atomic mass is 10.3. The molecule has 0 atom stereocenters. The zero-order valence-corrected chi connectivity index (χ0v) is 22.3. The average molecular weight is 648 g/mol. The van der Waals surface area contributed by atoms with Gasteiger partial charge in [-0.3, -0.25) is 23.5 Å². The van der Waals surface area contributed by atoms with Crippen LogP contribution in [0, 0.1) is 0 Å². The molecule has 3 heterocycles. The van der Waals surface area contributed by atoms with Gasteiger partial charge in [-0.2, -0.15) is 13.8 Å². The molecular formula is C23H21ClF2IN5O5. The van der Waals surface area contributed by atoms with Crippen LogP contribution in [-0.2, 0) is 20.1 Å². The van der Waals surface area contributed by atoms with Crippen molar-refractivity contribution in [2.75, 3.05) is 6.61 Å². The van der Waals surface area contributed by atoms with Crippen molar-refractivity contribution >= 4 is 48.0 Å². The normalized spacial score (nSPS) is 11.7. The number of imidazole rings is 1. The van der Waals surface area contributed by atoms with Crippen molar-refractivity contribution in [2.24, 2.45) is 7.05 Å². The lowest BCUT2D eigenvalue weighted by Gasteiger charge is -2.14. The number of aromatic nitrogens is 5. The molecule has 0 spiro atoms. The van der Waals surface area contributed by atoms with Gasteiger partial charge in [0.05, 0.1) is 17.3 Å². The third kappa shape index (κ3) is 5.88. The number of nitrogens with zero attached hydrogens (tertiary/aromatic N) is 5. The highest BCUT2D eigenvalue weighted by atomic mass is 127. The summed E-state index contributed by atoms with van der Waals surface area (Å²) in [6.07, 6.45) is 1.64. The van der Waals surface area contributed by atoms with Gasteiger partial charge < -0.3 is 14.6 Å². The zero-order valence-electron chi connectivity index (χ0n) is 19.4. The molecule has 4 aromatic rings. The van der Waals surface area contributed by atoms with E-state index in [4.69, 9.17) is 21.1 Å². The third-order valence-electron chi connectivity index (χ3n) is 5.25. The van der Waals surface area contributed by atoms with E-state index in [9.17, 15) is 23.5 Å². The van der Waals surface area contributed by atoms with E-state index >= 15 is 0 Å². The average Bonchev–Trinajstić information content (AvgIpc) is 3.22. The summed E-state index contributed by atoms with van der Waals surface area (Å²) in [6.45, 7) is -0.179. The number of ether oxygens (including phenoxy) is 2. The number of hydrogen-bond acceptors (Lipinski definition) is 7. The van der Waals surface area contributed by atoms with Crippen molar-refractivity contribution in [2.45, 2.75) is 23.6 Å². The predicted molar refractivity (Wildman–Crippen MR) is 143 cm³/mol. The van der Waals surface area contributed by atoms with E-state index in [1.165, 1.54) is 46.6 Å². The number of fused-ring (bicyclic) bond motifs is 1. The quantitative estimate of drug-likeness (QED) is 0.207. The third-order valence-corrected chi connectivity index (χ3v) is 6.58. The van der Waals surface area contributed by atoms with Crippen molar-refractivity contribution < 1.29 is 23.4 Å². The van der Waals surface area contributed by atoms with Crippen molar-refractivity contribution in [3.05, 3.63) is 74.1 Å². The Morgan fingerprint density at radius 3 is 2.62 bits per heavy atom. The second kappa shape index (κ2) is 11.1. The molecule has 0 bridgehead atoms. The van der Waals surface area contributed by atoms with Crippen LogP contribution in [0.1, 0.15) is 12.1 Å². The number of hydrogen-bond donors (Lipinski definition) is 1. The molecule has 0 unspecified atom stereocenters. The van der Waals surface area contributed by atoms with Crippen LogP contribution >= 0.6 is 32.3 Å². The van der Waals surface area contributed by atoms with Crippen molar-refractivity contribution in [3.8, 4) is 17.5 Å². The Bertz CT molecular complexity index is 1570. The molecule has 4 rings (SSSR count). The highest BCUT2D eigenvalue weighted by molar-refractivity contribution is 14.2. The number of aryl methyl sites for hydroxylation is 1. The molecule has 14 heteroatoms. The fourth-order valence-electron chi connectivity index (χ4n) is 3.53. The summed E-state index contributed by atoms with van der Waals surface area (Å²) in [5.41, 5.74) is -0.604. The van der Waals surface area contributed by atoms with E-state index in [1.807, 2.05) is 0 Å². The molecule has 1 N–H and O–H groups in total. The van der Waals surface area contributed by atoms with Crippen molar-refractivity contribution in [1.29, 1.82) is 0 Å². The SMILES string of the molecule is C=IC(F)(F)Oc1cccc(Oc2nc3c(c(=O)n(CCCO)c(=O)n3C)n2Cc2ccc(Cl)cn2)c1. The first-order chi connectivity index (χ1) is 17.6. The summed E-state index contributed by atoms with van der Waals surface area (Å²) in [6, 6.07) is 8.79. The molecule has 0 aliphatic heterocycles. The Hall–Kier alpha value is -3.17. The lowest BCUT2D eigenvalue weighted by molar-refractivity contribution is -0.0693. The van der Waals surface area contributed by atoms with Gasteiger partial charge in [0.15, 0.2) is 11.2 Å². The maximum Gasteiger partial charge on any atom is 0.445 e. The molecule has 3 aromatic heterocycles. The predicted octanol–water partition coefficient (Wildman–Crippen LogP) is 3.50. The minimum atomic E-state index is -3.36. The summed E-state index contributed by atoms with van der Waals surface area (Å²) in [7, 11) is 1.46. The number of aliphatic hydroxyl groups excluding tert-OH is 1. The van der Waals surface area contributed by atoms with Gasteiger partial charge in [0.1, 0.15) is 11.5 Å². The van der Waals surface area contributed by atoms with Crippen LogP contribution in [0.3, 0.4) is 0 Å². The molecule has 10 nitrogen and oxygen atoms in total. The Labute approximate surface area is 223 Å². The first kappa shape index (κ1) is 26.9. The van der Waals surface area contributed by atoms with Crippen LogP contribution in [0.5, 0.6) is 17.5 Å². The highest BCUT2D eigenvalue weighted by Gasteiger charge is 2.28. The number of aliphatic hydroxyl groups is 1. The number of benzene rings is 1. The summed E-state index contributed by atoms with van der Waals surface area (Å²) < 4.78 is 41.7. The molecule has 0 amide bonds. The molecule has 0 radical (unpaired) electrons. The van der Waals surface area contributed by atoms with Gasteiger partial charge in [-0.25, -0.2) is 4.79 Å². The van der Waals surface area contributed by atoms with Gasteiger partial charge in [0.25, 0.3) is 5.56 Å². The van der Waals surface area contributed by atoms with E-state index in [2.05, 4.69) is 14.5 Å². The highest BCUT2D eigenvalue weighted by Crippen LogP contribution is 2.33. The smallest absolute Gasteiger partial charge is 0.425 e. The first-order valence-corrected chi connectivity index (χ1v) is 13.8. The summed E-state index contributed by atoms with van der Waals surface area (Å²) in [4.78, 5) is 34.9. The minimum Gasteiger partial charge on any atom is -0.425 e. The summed E-state index contributed by atoms with van der Waals surface area (Å²) >= 11 is 4.19. The molecule has 196 valence electrons. The van der Waals surface area contributed by atoms with Crippen LogP contribution in [0.4, 0.5) is 8.78 Å². The topological polar surface area (TPSA) is 113 Å². The van der Waals surface area contributed by atoms with E-state index in [1.54, 1.807) is 12.1 Å². The van der Waals surface area contributed by atoms with Gasteiger partial charge >= 0.3 is 15.8 Å². The molecule has 37 heavy (non-hydrogen) atoms. The van der Waals surface area contributed by atoms with E-state index < -0.39 is 36.1 Å². The van der Waals surface area contributed by atoms with Gasteiger partial charge in [0, 0.05) is 53.2 Å². The number of rotatable bonds is 10. The standard InChI is InChI=1S/C23H21ClF2IN5O5/c1-27-23(25,26)37-17-6-3-5-16(11-17)36-21-29-19-18(32(21)13-15-8-7-14(24)12-28-15)20(34)31(9-4-10-33)22(35)30(19)2/h3,5-8,11-12,33H,1,4,9-10,13H2,2H3. The molecule has 1 aromatic carbocycles. The minimum absolute atomic E-state index is 0.00101. The summed E-state index contributed by atoms with van der Waals surface area (Å²) in [5, 5.41) is 9.62. The fraction of sp³-hybridized carbons (Fsp3) is 0.261. The molecule has 0 fully saturated rings. The van der Waals surface area contributed by atoms with Gasteiger partial charge in [-0.15, -0.1) is 0 Å². The van der Waals surface area contributed by atoms with Crippen LogP contribution in [-0.4, -0.2) is 44.0 Å². The lowest BCUT2D eigenvalue weighted by Crippen LogP contribution is -2.39. The monoisotopic (exact) mass is 647 g/mol. The van der Waals surface area contributed by atoms with Crippen molar-refractivity contribution in [3.63, 3.8) is 0 Å². The van der Waals surface area contributed by atoms with Crippen LogP contribution in [0.15, 0.2) is 52.2 Å². The van der Waals surface area contributed by atoms with E-state index in [-0.39, 0.29) is 54.8 Å². The Balaban J connectivity index is 1.86. The largest absolute Gasteiger partial charge is 0.445 e. The molecule has 0 saturated heterocycles. The molecule has 0 aliphatic carbocycles. The Kier molecular flexibility index (Phi) is 8.04. The zero-order chi connectivity index (χ0) is 26.7. The molecule has 0 saturated carbocycles. The summed E-state index contributed by atoms with van der Waals surface area (Å²) in [5.74, 6) is -0.0200. The second-order valence-corrected chi connectivity index (χ2v) is 10.2. The number of alkyl halides is 3. The van der Waals surface area contributed by atoms with Crippen LogP contribution in [0.2, 0.25) is 5.02 Å². The van der Waals surface area contributed by atoms with Crippen molar-refractivity contribution in [1.82, 2.24) is 23.7 Å². The fourth-order valence-corrected chi connectivity index (χ4v) is 4.05. The Morgan fingerprint density at radius 2 is 1.95 bits per heavy atom. The van der Waals surface area contributed by atoms with Crippen LogP contribution < -0.4 is 20.7 Å². The molecule has 0 aliphatic rings. The number of halogens is 4. The van der Waals surface area contributed by atoms with Gasteiger partial charge in [0.2, 0.25) is 0 Å². The van der Waals surface area contributed by atoms with E-state index in [0.717, 1.165) is 4.57 Å². The van der Waals surface area contributed by atoms with E-state index in [0.29, 0.717) is 10.7 Å². The number of pyridine rings is 1. The Morgan fingerprint density at radius 1 is 1.19 bits per heavy atom.